The van der Waals surface area contributed by atoms with Crippen LogP contribution in [0.25, 0.3) is 10.6 Å². The maximum absolute atomic E-state index is 13.2. The van der Waals surface area contributed by atoms with E-state index in [1.54, 1.807) is 24.6 Å². The molecule has 0 aliphatic rings. The lowest BCUT2D eigenvalue weighted by Crippen LogP contribution is -2.13. The van der Waals surface area contributed by atoms with E-state index in [4.69, 9.17) is 9.84 Å². The molecule has 146 valence electrons. The lowest BCUT2D eigenvalue weighted by molar-refractivity contribution is 0.102. The Morgan fingerprint density at radius 2 is 1.97 bits per heavy atom. The molecule has 0 radical (unpaired) electrons. The predicted octanol–water partition coefficient (Wildman–Crippen LogP) is 5.23. The van der Waals surface area contributed by atoms with Crippen molar-refractivity contribution in [3.8, 4) is 16.3 Å². The summed E-state index contributed by atoms with van der Waals surface area (Å²) in [7, 11) is 1.59. The first-order valence-electron chi connectivity index (χ1n) is 9.25. The summed E-state index contributed by atoms with van der Waals surface area (Å²) in [5.41, 5.74) is 4.02. The van der Waals surface area contributed by atoms with E-state index in [9.17, 15) is 4.79 Å². The number of aryl methyl sites for hydroxylation is 1. The zero-order valence-corrected chi connectivity index (χ0v) is 17.1. The molecule has 0 saturated heterocycles. The van der Waals surface area contributed by atoms with Crippen LogP contribution >= 0.6 is 11.3 Å². The highest BCUT2D eigenvalue weighted by atomic mass is 32.1. The van der Waals surface area contributed by atoms with Gasteiger partial charge in [0.1, 0.15) is 11.4 Å². The van der Waals surface area contributed by atoms with Gasteiger partial charge in [0.25, 0.3) is 5.91 Å². The number of rotatable bonds is 6. The second kappa shape index (κ2) is 8.32. The number of carbonyl (C=O) groups excluding carboxylic acids is 1. The van der Waals surface area contributed by atoms with Crippen LogP contribution in [0.4, 0.5) is 5.69 Å². The summed E-state index contributed by atoms with van der Waals surface area (Å²) >= 11 is 1.56. The van der Waals surface area contributed by atoms with Gasteiger partial charge >= 0.3 is 0 Å². The first-order chi connectivity index (χ1) is 14.1. The van der Waals surface area contributed by atoms with Gasteiger partial charge in [-0.25, -0.2) is 0 Å². The first-order valence-corrected chi connectivity index (χ1v) is 10.1. The molecule has 0 bridgehead atoms. The van der Waals surface area contributed by atoms with E-state index in [0.717, 1.165) is 16.0 Å². The van der Waals surface area contributed by atoms with Crippen molar-refractivity contribution in [2.45, 2.75) is 13.5 Å². The van der Waals surface area contributed by atoms with E-state index in [-0.39, 0.29) is 5.91 Å². The number of benzene rings is 2. The van der Waals surface area contributed by atoms with Gasteiger partial charge in [-0.3, -0.25) is 9.48 Å². The quantitative estimate of drug-likeness (QED) is 0.480. The molecule has 4 rings (SSSR count). The number of ether oxygens (including phenoxy) is 1. The molecule has 0 saturated carbocycles. The number of thiophene rings is 1. The fourth-order valence-corrected chi connectivity index (χ4v) is 3.87. The standard InChI is InChI=1S/C23H21N3O2S/c1-16-10-11-20(28-2)19(13-16)24-23(27)18-15-26(14-17-7-4-3-5-8-17)25-22(18)21-9-6-12-29-21/h3-13,15H,14H2,1-2H3,(H,24,27). The van der Waals surface area contributed by atoms with Crippen molar-refractivity contribution in [1.82, 2.24) is 9.78 Å². The first kappa shape index (κ1) is 19.0. The van der Waals surface area contributed by atoms with Gasteiger partial charge in [0, 0.05) is 6.20 Å². The van der Waals surface area contributed by atoms with Gasteiger partial charge in [0.2, 0.25) is 0 Å². The van der Waals surface area contributed by atoms with Crippen molar-refractivity contribution in [2.24, 2.45) is 0 Å². The average Bonchev–Trinajstić information content (AvgIpc) is 3.39. The molecule has 0 unspecified atom stereocenters. The van der Waals surface area contributed by atoms with E-state index in [1.165, 1.54) is 0 Å². The largest absolute Gasteiger partial charge is 0.495 e. The van der Waals surface area contributed by atoms with E-state index >= 15 is 0 Å². The van der Waals surface area contributed by atoms with Crippen LogP contribution in [0.15, 0.2) is 72.2 Å². The molecule has 5 nitrogen and oxygen atoms in total. The number of anilines is 1. The van der Waals surface area contributed by atoms with Crippen molar-refractivity contribution in [1.29, 1.82) is 0 Å². The molecule has 1 N–H and O–H groups in total. The van der Waals surface area contributed by atoms with Gasteiger partial charge in [-0.1, -0.05) is 42.5 Å². The van der Waals surface area contributed by atoms with Crippen molar-refractivity contribution in [3.63, 3.8) is 0 Å². The molecule has 29 heavy (non-hydrogen) atoms. The van der Waals surface area contributed by atoms with Crippen LogP contribution in [-0.2, 0) is 6.54 Å². The van der Waals surface area contributed by atoms with Crippen LogP contribution in [0.2, 0.25) is 0 Å². The number of nitrogens with zero attached hydrogens (tertiary/aromatic N) is 2. The summed E-state index contributed by atoms with van der Waals surface area (Å²) in [5, 5.41) is 9.67. The fraction of sp³-hybridized carbons (Fsp3) is 0.130. The number of nitrogens with one attached hydrogen (secondary N) is 1. The zero-order valence-electron chi connectivity index (χ0n) is 16.3. The molecule has 2 aromatic heterocycles. The molecular formula is C23H21N3O2S. The maximum atomic E-state index is 13.2. The average molecular weight is 404 g/mol. The van der Waals surface area contributed by atoms with Gasteiger partial charge in [0.05, 0.1) is 29.8 Å². The molecule has 4 aromatic rings. The topological polar surface area (TPSA) is 56.1 Å². The van der Waals surface area contributed by atoms with Gasteiger partial charge < -0.3 is 10.1 Å². The number of aromatic nitrogens is 2. The second-order valence-electron chi connectivity index (χ2n) is 6.71. The SMILES string of the molecule is COc1ccc(C)cc1NC(=O)c1cn(Cc2ccccc2)nc1-c1cccs1. The van der Waals surface area contributed by atoms with Crippen molar-refractivity contribution >= 4 is 22.9 Å². The lowest BCUT2D eigenvalue weighted by Gasteiger charge is -2.10. The number of hydrogen-bond acceptors (Lipinski definition) is 4. The molecule has 0 aliphatic carbocycles. The third-order valence-electron chi connectivity index (χ3n) is 4.55. The normalized spacial score (nSPS) is 10.7. The summed E-state index contributed by atoms with van der Waals surface area (Å²) in [6.07, 6.45) is 1.81. The Morgan fingerprint density at radius 1 is 1.14 bits per heavy atom. The minimum atomic E-state index is -0.211. The van der Waals surface area contributed by atoms with Gasteiger partial charge in [-0.05, 0) is 41.6 Å². The summed E-state index contributed by atoms with van der Waals surface area (Å²) in [5.74, 6) is 0.412. The van der Waals surface area contributed by atoms with E-state index in [2.05, 4.69) is 5.32 Å². The third-order valence-corrected chi connectivity index (χ3v) is 5.43. The molecule has 2 heterocycles. The summed E-state index contributed by atoms with van der Waals surface area (Å²) in [6.45, 7) is 2.57. The summed E-state index contributed by atoms with van der Waals surface area (Å²) in [6, 6.07) is 19.7. The summed E-state index contributed by atoms with van der Waals surface area (Å²) in [4.78, 5) is 14.1. The minimum absolute atomic E-state index is 0.211. The molecular weight excluding hydrogens is 382 g/mol. The second-order valence-corrected chi connectivity index (χ2v) is 7.66. The van der Waals surface area contributed by atoms with Crippen molar-refractivity contribution in [3.05, 3.63) is 88.9 Å². The number of carbonyl (C=O) groups is 1. The van der Waals surface area contributed by atoms with Crippen LogP contribution in [0.5, 0.6) is 5.75 Å². The molecule has 6 heteroatoms. The van der Waals surface area contributed by atoms with E-state index in [1.807, 2.05) is 77.6 Å². The van der Waals surface area contributed by atoms with Crippen LogP contribution in [0, 0.1) is 6.92 Å². The molecule has 0 spiro atoms. The van der Waals surface area contributed by atoms with Gasteiger partial charge in [0.15, 0.2) is 0 Å². The highest BCUT2D eigenvalue weighted by Gasteiger charge is 2.20. The van der Waals surface area contributed by atoms with Crippen LogP contribution in [-0.4, -0.2) is 22.8 Å². The van der Waals surface area contributed by atoms with Crippen LogP contribution in [0.1, 0.15) is 21.5 Å². The van der Waals surface area contributed by atoms with E-state index in [0.29, 0.717) is 29.2 Å². The van der Waals surface area contributed by atoms with Crippen molar-refractivity contribution in [2.75, 3.05) is 12.4 Å². The van der Waals surface area contributed by atoms with E-state index < -0.39 is 0 Å². The number of methoxy groups -OCH3 is 1. The maximum Gasteiger partial charge on any atom is 0.259 e. The predicted molar refractivity (Wildman–Crippen MR) is 117 cm³/mol. The number of hydrogen-bond donors (Lipinski definition) is 1. The Morgan fingerprint density at radius 3 is 2.69 bits per heavy atom. The molecule has 0 aliphatic heterocycles. The van der Waals surface area contributed by atoms with Gasteiger partial charge in [-0.2, -0.15) is 5.10 Å². The highest BCUT2D eigenvalue weighted by molar-refractivity contribution is 7.13. The third kappa shape index (κ3) is 4.22. The Kier molecular flexibility index (Phi) is 5.44. The van der Waals surface area contributed by atoms with Crippen LogP contribution in [0.3, 0.4) is 0 Å². The van der Waals surface area contributed by atoms with Gasteiger partial charge in [-0.15, -0.1) is 11.3 Å². The molecule has 0 atom stereocenters. The van der Waals surface area contributed by atoms with Crippen molar-refractivity contribution < 1.29 is 9.53 Å². The molecule has 2 aromatic carbocycles. The minimum Gasteiger partial charge on any atom is -0.495 e. The Bertz CT molecular complexity index is 1120. The molecule has 1 amide bonds. The lowest BCUT2D eigenvalue weighted by atomic mass is 10.1. The zero-order chi connectivity index (χ0) is 20.2. The molecule has 0 fully saturated rings. The summed E-state index contributed by atoms with van der Waals surface area (Å²) < 4.78 is 7.20. The Hall–Kier alpha value is -3.38. The fourth-order valence-electron chi connectivity index (χ4n) is 3.14. The monoisotopic (exact) mass is 403 g/mol. The smallest absolute Gasteiger partial charge is 0.259 e. The Balaban J connectivity index is 1.68. The van der Waals surface area contributed by atoms with Crippen LogP contribution < -0.4 is 10.1 Å². The highest BCUT2D eigenvalue weighted by Crippen LogP contribution is 2.30. The number of amides is 1. The Labute approximate surface area is 173 Å².